The number of carbonyl (C=O) groups excluding carboxylic acids is 2. The van der Waals surface area contributed by atoms with E-state index in [-0.39, 0.29) is 31.1 Å². The van der Waals surface area contributed by atoms with Crippen LogP contribution in [0.4, 0.5) is 0 Å². The molecule has 1 N–H and O–H groups in total. The van der Waals surface area contributed by atoms with Gasteiger partial charge in [0.2, 0.25) is 0 Å². The number of esters is 2. The number of carbonyl (C=O) groups is 2. The van der Waals surface area contributed by atoms with E-state index in [0.29, 0.717) is 6.42 Å². The van der Waals surface area contributed by atoms with Crippen LogP contribution in [0, 0.1) is 5.92 Å². The first-order valence-corrected chi connectivity index (χ1v) is 20.6. The highest BCUT2D eigenvalue weighted by Gasteiger charge is 2.24. The Labute approximate surface area is 287 Å². The van der Waals surface area contributed by atoms with Crippen LogP contribution in [0.15, 0.2) is 0 Å². The van der Waals surface area contributed by atoms with Crippen molar-refractivity contribution in [2.75, 3.05) is 13.2 Å². The lowest BCUT2D eigenvalue weighted by Crippen LogP contribution is -2.31. The van der Waals surface area contributed by atoms with Gasteiger partial charge < -0.3 is 14.6 Å². The minimum atomic E-state index is -0.775. The first-order valence-electron chi connectivity index (χ1n) is 20.6. The average molecular weight is 653 g/mol. The number of aliphatic hydroxyl groups excluding tert-OH is 1. The largest absolute Gasteiger partial charge is 0.462 e. The molecule has 5 heteroatoms. The maximum Gasteiger partial charge on any atom is 0.309 e. The molecule has 0 aliphatic heterocycles. The molecule has 5 nitrogen and oxygen atoms in total. The molecule has 0 radical (unpaired) electrons. The summed E-state index contributed by atoms with van der Waals surface area (Å²) in [6, 6.07) is 0. The monoisotopic (exact) mass is 653 g/mol. The molecule has 46 heavy (non-hydrogen) atoms. The Morgan fingerprint density at radius 1 is 0.478 bits per heavy atom. The molecule has 0 amide bonds. The van der Waals surface area contributed by atoms with Crippen molar-refractivity contribution in [3.63, 3.8) is 0 Å². The summed E-state index contributed by atoms with van der Waals surface area (Å²) < 4.78 is 11.0. The Morgan fingerprint density at radius 3 is 1.15 bits per heavy atom. The fourth-order valence-corrected chi connectivity index (χ4v) is 6.36. The maximum atomic E-state index is 13.2. The minimum absolute atomic E-state index is 0.0582. The topological polar surface area (TPSA) is 72.8 Å². The van der Waals surface area contributed by atoms with Crippen LogP contribution in [0.25, 0.3) is 0 Å². The highest BCUT2D eigenvalue weighted by molar-refractivity contribution is 5.72. The molecule has 0 bridgehead atoms. The lowest BCUT2D eigenvalue weighted by atomic mass is 9.94. The molecular formula is C41H80O5. The second-order valence-electron chi connectivity index (χ2n) is 14.1. The molecule has 0 heterocycles. The second kappa shape index (κ2) is 36.7. The Kier molecular flexibility index (Phi) is 35.9. The molecule has 0 spiro atoms. The Morgan fingerprint density at radius 2 is 0.804 bits per heavy atom. The van der Waals surface area contributed by atoms with Crippen molar-refractivity contribution in [2.45, 2.75) is 232 Å². The third kappa shape index (κ3) is 31.5. The van der Waals surface area contributed by atoms with Crippen LogP contribution >= 0.6 is 0 Å². The molecule has 0 aromatic heterocycles. The molecule has 0 saturated heterocycles. The summed E-state index contributed by atoms with van der Waals surface area (Å²) in [5.41, 5.74) is 0. The van der Waals surface area contributed by atoms with Gasteiger partial charge >= 0.3 is 11.9 Å². The van der Waals surface area contributed by atoms with Crippen LogP contribution in [-0.2, 0) is 19.1 Å². The summed E-state index contributed by atoms with van der Waals surface area (Å²) in [6.07, 6.45) is 38.3. The van der Waals surface area contributed by atoms with Crippen molar-refractivity contribution in [1.29, 1.82) is 0 Å². The number of rotatable bonds is 37. The standard InChI is InChI=1S/C41H80O5/c1-4-7-10-12-14-16-18-20-21-23-25-27-29-32-34-38(33-31-28-26-24-22-19-17-15-13-11-8-5-2)41(44)46-39(36-42)37-45-40(43)35-30-9-6-3/h38-39,42H,4-37H2,1-3H3. The Balaban J connectivity index is 4.36. The van der Waals surface area contributed by atoms with Gasteiger partial charge in [0.05, 0.1) is 12.5 Å². The normalized spacial score (nSPS) is 12.7. The van der Waals surface area contributed by atoms with E-state index in [2.05, 4.69) is 20.8 Å². The lowest BCUT2D eigenvalue weighted by molar-refractivity contribution is -0.165. The van der Waals surface area contributed by atoms with E-state index >= 15 is 0 Å². The van der Waals surface area contributed by atoms with E-state index in [1.807, 2.05) is 0 Å². The fourth-order valence-electron chi connectivity index (χ4n) is 6.36. The summed E-state index contributed by atoms with van der Waals surface area (Å²) in [6.45, 7) is 6.26. The van der Waals surface area contributed by atoms with Gasteiger partial charge in [-0.1, -0.05) is 201 Å². The highest BCUT2D eigenvalue weighted by Crippen LogP contribution is 2.22. The quantitative estimate of drug-likeness (QED) is 0.0534. The van der Waals surface area contributed by atoms with Crippen LogP contribution in [0.5, 0.6) is 0 Å². The van der Waals surface area contributed by atoms with Crippen LogP contribution in [0.2, 0.25) is 0 Å². The van der Waals surface area contributed by atoms with Gasteiger partial charge in [0, 0.05) is 6.42 Å². The Bertz CT molecular complexity index is 636. The van der Waals surface area contributed by atoms with Gasteiger partial charge in [-0.2, -0.15) is 0 Å². The van der Waals surface area contributed by atoms with Crippen molar-refractivity contribution in [3.05, 3.63) is 0 Å². The van der Waals surface area contributed by atoms with E-state index in [9.17, 15) is 14.7 Å². The molecule has 2 atom stereocenters. The number of unbranched alkanes of at least 4 members (excludes halogenated alkanes) is 26. The van der Waals surface area contributed by atoms with Gasteiger partial charge in [-0.05, 0) is 19.3 Å². The van der Waals surface area contributed by atoms with Crippen molar-refractivity contribution < 1.29 is 24.2 Å². The molecule has 0 aliphatic carbocycles. The smallest absolute Gasteiger partial charge is 0.309 e. The molecule has 2 unspecified atom stereocenters. The van der Waals surface area contributed by atoms with E-state index in [4.69, 9.17) is 9.47 Å². The van der Waals surface area contributed by atoms with E-state index in [1.165, 1.54) is 148 Å². The minimum Gasteiger partial charge on any atom is -0.462 e. The molecule has 0 rings (SSSR count). The van der Waals surface area contributed by atoms with Gasteiger partial charge in [0.15, 0.2) is 6.10 Å². The molecule has 0 aromatic rings. The predicted octanol–water partition coefficient (Wildman–Crippen LogP) is 12.6. The van der Waals surface area contributed by atoms with Crippen LogP contribution < -0.4 is 0 Å². The number of aliphatic hydroxyl groups is 1. The van der Waals surface area contributed by atoms with Crippen LogP contribution in [-0.4, -0.2) is 36.4 Å². The van der Waals surface area contributed by atoms with E-state index in [1.54, 1.807) is 0 Å². The zero-order valence-electron chi connectivity index (χ0n) is 31.3. The molecule has 274 valence electrons. The van der Waals surface area contributed by atoms with Gasteiger partial charge in [-0.3, -0.25) is 9.59 Å². The predicted molar refractivity (Wildman–Crippen MR) is 196 cm³/mol. The molecule has 0 fully saturated rings. The lowest BCUT2D eigenvalue weighted by Gasteiger charge is -2.21. The summed E-state index contributed by atoms with van der Waals surface area (Å²) in [4.78, 5) is 25.2. The number of ether oxygens (including phenoxy) is 2. The summed E-state index contributed by atoms with van der Waals surface area (Å²) in [5, 5.41) is 9.81. The first-order chi connectivity index (χ1) is 22.6. The number of hydrogen-bond acceptors (Lipinski definition) is 5. The van der Waals surface area contributed by atoms with E-state index < -0.39 is 6.10 Å². The van der Waals surface area contributed by atoms with E-state index in [0.717, 1.165) is 51.4 Å². The summed E-state index contributed by atoms with van der Waals surface area (Å²) in [5.74, 6) is -0.632. The first kappa shape index (κ1) is 44.9. The van der Waals surface area contributed by atoms with Crippen molar-refractivity contribution in [1.82, 2.24) is 0 Å². The van der Waals surface area contributed by atoms with Crippen molar-refractivity contribution >= 4 is 11.9 Å². The van der Waals surface area contributed by atoms with Crippen molar-refractivity contribution in [3.8, 4) is 0 Å². The van der Waals surface area contributed by atoms with Crippen LogP contribution in [0.3, 0.4) is 0 Å². The third-order valence-electron chi connectivity index (χ3n) is 9.55. The van der Waals surface area contributed by atoms with Gasteiger partial charge in [0.25, 0.3) is 0 Å². The molecule has 0 aliphatic rings. The number of hydrogen-bond donors (Lipinski definition) is 1. The zero-order chi connectivity index (χ0) is 33.8. The summed E-state index contributed by atoms with van der Waals surface area (Å²) in [7, 11) is 0. The maximum absolute atomic E-state index is 13.2. The van der Waals surface area contributed by atoms with Crippen molar-refractivity contribution in [2.24, 2.45) is 5.92 Å². The average Bonchev–Trinajstić information content (AvgIpc) is 3.06. The second-order valence-corrected chi connectivity index (χ2v) is 14.1. The fraction of sp³-hybridized carbons (Fsp3) is 0.951. The summed E-state index contributed by atoms with van der Waals surface area (Å²) >= 11 is 0. The Hall–Kier alpha value is -1.10. The highest BCUT2D eigenvalue weighted by atomic mass is 16.6. The van der Waals surface area contributed by atoms with Crippen LogP contribution in [0.1, 0.15) is 226 Å². The third-order valence-corrected chi connectivity index (χ3v) is 9.55. The molecule has 0 saturated carbocycles. The SMILES string of the molecule is CCCCCCCCCCCCCCCCC(CCCCCCCCCCCCCC)C(=O)OC(CO)COC(=O)CCCCC. The zero-order valence-corrected chi connectivity index (χ0v) is 31.3. The van der Waals surface area contributed by atoms with Gasteiger partial charge in [-0.25, -0.2) is 0 Å². The van der Waals surface area contributed by atoms with Gasteiger partial charge in [0.1, 0.15) is 6.61 Å². The molecule has 0 aromatic carbocycles. The molecular weight excluding hydrogens is 572 g/mol. The van der Waals surface area contributed by atoms with Gasteiger partial charge in [-0.15, -0.1) is 0 Å².